The van der Waals surface area contributed by atoms with Gasteiger partial charge in [-0.3, -0.25) is 9.78 Å². The first-order chi connectivity index (χ1) is 17.3. The second-order valence-electron chi connectivity index (χ2n) is 9.18. The highest BCUT2D eigenvalue weighted by Crippen LogP contribution is 2.32. The van der Waals surface area contributed by atoms with Gasteiger partial charge in [-0.15, -0.1) is 0 Å². The Labute approximate surface area is 221 Å². The summed E-state index contributed by atoms with van der Waals surface area (Å²) in [6.45, 7) is 2.40. The largest absolute Gasteiger partial charge is 0.352 e. The van der Waals surface area contributed by atoms with Gasteiger partial charge >= 0.3 is 0 Å². The van der Waals surface area contributed by atoms with Crippen LogP contribution in [0.4, 0.5) is 5.82 Å². The van der Waals surface area contributed by atoms with Crippen LogP contribution in [0.3, 0.4) is 0 Å². The zero-order chi connectivity index (χ0) is 25.3. The van der Waals surface area contributed by atoms with Crippen molar-refractivity contribution in [3.63, 3.8) is 0 Å². The maximum Gasteiger partial charge on any atom is 0.225 e. The van der Waals surface area contributed by atoms with Crippen molar-refractivity contribution in [2.45, 2.75) is 12.8 Å². The lowest BCUT2D eigenvalue weighted by Gasteiger charge is -2.37. The number of nitrogens with zero attached hydrogens (tertiary/aromatic N) is 4. The van der Waals surface area contributed by atoms with Crippen molar-refractivity contribution in [3.05, 3.63) is 64.8 Å². The van der Waals surface area contributed by atoms with E-state index in [1.165, 1.54) is 0 Å². The molecule has 0 N–H and O–H groups in total. The van der Waals surface area contributed by atoms with E-state index in [-0.39, 0.29) is 23.3 Å². The molecule has 0 atom stereocenters. The molecule has 0 bridgehead atoms. The molecule has 3 aromatic rings. The summed E-state index contributed by atoms with van der Waals surface area (Å²) < 4.78 is 23.4. The highest BCUT2D eigenvalue weighted by Gasteiger charge is 2.33. The summed E-state index contributed by atoms with van der Waals surface area (Å²) in [6, 6.07) is 15.0. The van der Waals surface area contributed by atoms with E-state index in [1.807, 2.05) is 53.4 Å². The van der Waals surface area contributed by atoms with Crippen molar-refractivity contribution in [2.75, 3.05) is 42.6 Å². The molecule has 36 heavy (non-hydrogen) atoms. The molecule has 0 aliphatic carbocycles. The lowest BCUT2D eigenvalue weighted by molar-refractivity contribution is -0.136. The van der Waals surface area contributed by atoms with Crippen LogP contribution < -0.4 is 4.90 Å². The van der Waals surface area contributed by atoms with E-state index in [2.05, 4.69) is 4.90 Å². The van der Waals surface area contributed by atoms with Crippen LogP contribution in [-0.2, 0) is 14.6 Å². The maximum absolute atomic E-state index is 13.0. The van der Waals surface area contributed by atoms with Gasteiger partial charge in [0.25, 0.3) is 0 Å². The molecule has 0 unspecified atom stereocenters. The molecule has 1 amide bonds. The Balaban J connectivity index is 1.35. The Kier molecular flexibility index (Phi) is 7.19. The fourth-order valence-corrected chi connectivity index (χ4v) is 6.45. The summed E-state index contributed by atoms with van der Waals surface area (Å²) in [4.78, 5) is 26.7. The number of hydrogen-bond acceptors (Lipinski definition) is 6. The summed E-state index contributed by atoms with van der Waals surface area (Å²) in [7, 11) is -2.99. The standard InChI is InChI=1S/C26H26Cl2N4O3S/c27-21-5-1-18(2-6-21)24-25(19-3-7-22(28)8-4-19)30-23(17-29-24)31-11-13-32(14-12-31)26(33)20-9-15-36(34,35)16-10-20/h1-8,17,20H,9-16H2. The van der Waals surface area contributed by atoms with E-state index in [0.29, 0.717) is 49.1 Å². The Morgan fingerprint density at radius 1 is 0.806 bits per heavy atom. The zero-order valence-corrected chi connectivity index (χ0v) is 21.9. The van der Waals surface area contributed by atoms with Crippen LogP contribution in [0.5, 0.6) is 0 Å². The molecular formula is C26H26Cl2N4O3S. The van der Waals surface area contributed by atoms with Crippen molar-refractivity contribution >= 4 is 44.8 Å². The quantitative estimate of drug-likeness (QED) is 0.477. The van der Waals surface area contributed by atoms with Gasteiger partial charge in [0, 0.05) is 53.3 Å². The smallest absolute Gasteiger partial charge is 0.225 e. The maximum atomic E-state index is 13.0. The summed E-state index contributed by atoms with van der Waals surface area (Å²) in [6.07, 6.45) is 2.61. The number of hydrogen-bond donors (Lipinski definition) is 0. The monoisotopic (exact) mass is 544 g/mol. The third-order valence-corrected chi connectivity index (χ3v) is 9.03. The molecular weight excluding hydrogens is 519 g/mol. The van der Waals surface area contributed by atoms with Crippen molar-refractivity contribution in [1.82, 2.24) is 14.9 Å². The topological polar surface area (TPSA) is 83.5 Å². The number of sulfone groups is 1. The van der Waals surface area contributed by atoms with Crippen LogP contribution >= 0.6 is 23.2 Å². The first-order valence-corrected chi connectivity index (χ1v) is 14.5. The molecule has 2 saturated heterocycles. The number of amides is 1. The van der Waals surface area contributed by atoms with E-state index in [0.717, 1.165) is 28.3 Å². The number of aromatic nitrogens is 2. The Morgan fingerprint density at radius 2 is 1.33 bits per heavy atom. The summed E-state index contributed by atoms with van der Waals surface area (Å²) in [5.74, 6) is 0.817. The number of benzene rings is 2. The molecule has 2 aliphatic rings. The van der Waals surface area contributed by atoms with Gasteiger partial charge in [-0.05, 0) is 37.1 Å². The fourth-order valence-electron chi connectivity index (χ4n) is 4.71. The molecule has 2 aromatic carbocycles. The summed E-state index contributed by atoms with van der Waals surface area (Å²) in [5.41, 5.74) is 3.31. The molecule has 2 aliphatic heterocycles. The zero-order valence-electron chi connectivity index (χ0n) is 19.6. The van der Waals surface area contributed by atoms with Crippen LogP contribution in [0, 0.1) is 5.92 Å². The van der Waals surface area contributed by atoms with Crippen LogP contribution in [0.2, 0.25) is 10.0 Å². The van der Waals surface area contributed by atoms with Crippen molar-refractivity contribution in [1.29, 1.82) is 0 Å². The SMILES string of the molecule is O=C(C1CCS(=O)(=O)CC1)N1CCN(c2cnc(-c3ccc(Cl)cc3)c(-c3ccc(Cl)cc3)n2)CC1. The normalized spacial score (nSPS) is 18.3. The average molecular weight is 545 g/mol. The van der Waals surface area contributed by atoms with Gasteiger partial charge in [0.2, 0.25) is 5.91 Å². The van der Waals surface area contributed by atoms with E-state index < -0.39 is 9.84 Å². The molecule has 0 saturated carbocycles. The summed E-state index contributed by atoms with van der Waals surface area (Å²) in [5, 5.41) is 1.30. The lowest BCUT2D eigenvalue weighted by Crippen LogP contribution is -2.51. The van der Waals surface area contributed by atoms with Crippen LogP contribution in [-0.4, -0.2) is 66.9 Å². The summed E-state index contributed by atoms with van der Waals surface area (Å²) >= 11 is 12.2. The van der Waals surface area contributed by atoms with Gasteiger partial charge in [0.15, 0.2) is 0 Å². The Hall–Kier alpha value is -2.68. The first-order valence-electron chi connectivity index (χ1n) is 11.9. The number of carbonyl (C=O) groups excluding carboxylic acids is 1. The third-order valence-electron chi connectivity index (χ3n) is 6.81. The Morgan fingerprint density at radius 3 is 1.89 bits per heavy atom. The molecule has 2 fully saturated rings. The van der Waals surface area contributed by atoms with Gasteiger partial charge in [0.05, 0.1) is 29.1 Å². The molecule has 3 heterocycles. The van der Waals surface area contributed by atoms with Gasteiger partial charge in [-0.1, -0.05) is 47.5 Å². The van der Waals surface area contributed by atoms with Gasteiger partial charge in [0.1, 0.15) is 15.7 Å². The van der Waals surface area contributed by atoms with Crippen LogP contribution in [0.15, 0.2) is 54.7 Å². The average Bonchev–Trinajstić information content (AvgIpc) is 2.89. The molecule has 5 rings (SSSR count). The second kappa shape index (κ2) is 10.4. The van der Waals surface area contributed by atoms with E-state index in [1.54, 1.807) is 6.20 Å². The van der Waals surface area contributed by atoms with Crippen LogP contribution in [0.25, 0.3) is 22.5 Å². The first kappa shape index (κ1) is 25.0. The minimum Gasteiger partial charge on any atom is -0.352 e. The minimum atomic E-state index is -2.99. The number of rotatable bonds is 4. The number of halogens is 2. The lowest BCUT2D eigenvalue weighted by atomic mass is 10.0. The highest BCUT2D eigenvalue weighted by atomic mass is 35.5. The van der Waals surface area contributed by atoms with Gasteiger partial charge in [-0.25, -0.2) is 13.4 Å². The molecule has 1 aromatic heterocycles. The predicted molar refractivity (Wildman–Crippen MR) is 143 cm³/mol. The third kappa shape index (κ3) is 5.51. The van der Waals surface area contributed by atoms with Crippen molar-refractivity contribution < 1.29 is 13.2 Å². The molecule has 7 nitrogen and oxygen atoms in total. The van der Waals surface area contributed by atoms with E-state index >= 15 is 0 Å². The Bertz CT molecular complexity index is 1340. The highest BCUT2D eigenvalue weighted by molar-refractivity contribution is 7.91. The molecule has 188 valence electrons. The molecule has 10 heteroatoms. The van der Waals surface area contributed by atoms with E-state index in [4.69, 9.17) is 33.2 Å². The second-order valence-corrected chi connectivity index (χ2v) is 12.4. The molecule has 0 radical (unpaired) electrons. The van der Waals surface area contributed by atoms with Crippen molar-refractivity contribution in [3.8, 4) is 22.5 Å². The molecule has 0 spiro atoms. The predicted octanol–water partition coefficient (Wildman–Crippen LogP) is 4.59. The van der Waals surface area contributed by atoms with Gasteiger partial charge in [-0.2, -0.15) is 0 Å². The fraction of sp³-hybridized carbons (Fsp3) is 0.346. The minimum absolute atomic E-state index is 0.0653. The van der Waals surface area contributed by atoms with Gasteiger partial charge < -0.3 is 9.80 Å². The number of piperazine rings is 1. The number of carbonyl (C=O) groups is 1. The van der Waals surface area contributed by atoms with Crippen molar-refractivity contribution in [2.24, 2.45) is 5.92 Å². The van der Waals surface area contributed by atoms with Crippen LogP contribution in [0.1, 0.15) is 12.8 Å². The number of anilines is 1. The van der Waals surface area contributed by atoms with E-state index in [9.17, 15) is 13.2 Å².